The predicted molar refractivity (Wildman–Crippen MR) is 62.2 cm³/mol. The molecule has 0 aromatic carbocycles. The van der Waals surface area contributed by atoms with Crippen LogP contribution in [0.5, 0.6) is 0 Å². The van der Waals surface area contributed by atoms with E-state index in [0.717, 1.165) is 25.9 Å². The summed E-state index contributed by atoms with van der Waals surface area (Å²) in [5, 5.41) is 9.47. The topological polar surface area (TPSA) is 49.5 Å². The Hall–Kier alpha value is -0.190. The van der Waals surface area contributed by atoms with Crippen molar-refractivity contribution in [2.45, 2.75) is 38.8 Å². The van der Waals surface area contributed by atoms with Crippen LogP contribution in [0.2, 0.25) is 0 Å². The maximum absolute atomic E-state index is 9.47. The van der Waals surface area contributed by atoms with E-state index in [0.29, 0.717) is 10.9 Å². The molecule has 82 valence electrons. The number of nitrogens with zero attached hydrogens (tertiary/aromatic N) is 1. The number of nitrogens with two attached hydrogens (primary N) is 1. The van der Waals surface area contributed by atoms with E-state index in [4.69, 9.17) is 18.0 Å². The Balaban J connectivity index is 2.51. The van der Waals surface area contributed by atoms with Crippen molar-refractivity contribution in [3.05, 3.63) is 0 Å². The second-order valence-corrected chi connectivity index (χ2v) is 4.58. The normalized spacial score (nSPS) is 27.5. The minimum absolute atomic E-state index is 0.216. The Morgan fingerprint density at radius 2 is 2.36 bits per heavy atom. The molecule has 0 aliphatic carbocycles. The van der Waals surface area contributed by atoms with Crippen LogP contribution >= 0.6 is 12.2 Å². The van der Waals surface area contributed by atoms with E-state index in [1.54, 1.807) is 0 Å². The van der Waals surface area contributed by atoms with Crippen LogP contribution in [-0.2, 0) is 0 Å². The summed E-state index contributed by atoms with van der Waals surface area (Å²) in [6, 6.07) is 0.216. The summed E-state index contributed by atoms with van der Waals surface area (Å²) in [7, 11) is 0. The molecule has 0 radical (unpaired) electrons. The third kappa shape index (κ3) is 2.65. The van der Waals surface area contributed by atoms with E-state index in [-0.39, 0.29) is 12.1 Å². The van der Waals surface area contributed by atoms with Crippen molar-refractivity contribution in [3.8, 4) is 0 Å². The van der Waals surface area contributed by atoms with Crippen LogP contribution in [0.15, 0.2) is 0 Å². The summed E-state index contributed by atoms with van der Waals surface area (Å²) >= 11 is 5.03. The molecule has 1 rings (SSSR count). The molecule has 0 bridgehead atoms. The summed E-state index contributed by atoms with van der Waals surface area (Å²) in [6.45, 7) is 5.88. The highest BCUT2D eigenvalue weighted by Crippen LogP contribution is 2.22. The number of thiocarbonyl (C=S) groups is 1. The number of hydrogen-bond donors (Lipinski definition) is 2. The molecule has 1 aliphatic rings. The number of hydrogen-bond acceptors (Lipinski definition) is 3. The van der Waals surface area contributed by atoms with Crippen molar-refractivity contribution in [3.63, 3.8) is 0 Å². The molecule has 0 saturated carbocycles. The fourth-order valence-corrected chi connectivity index (χ4v) is 2.45. The molecule has 0 amide bonds. The maximum atomic E-state index is 9.47. The summed E-state index contributed by atoms with van der Waals surface area (Å²) in [5.74, 6) is 0.387. The summed E-state index contributed by atoms with van der Waals surface area (Å²) in [4.78, 5) is 2.87. The molecule has 3 atom stereocenters. The van der Waals surface area contributed by atoms with Crippen LogP contribution in [0.4, 0.5) is 0 Å². The van der Waals surface area contributed by atoms with Crippen molar-refractivity contribution in [2.24, 2.45) is 11.7 Å². The van der Waals surface area contributed by atoms with Crippen molar-refractivity contribution >= 4 is 17.2 Å². The van der Waals surface area contributed by atoms with Crippen LogP contribution in [-0.4, -0.2) is 40.2 Å². The zero-order valence-corrected chi connectivity index (χ0v) is 9.76. The van der Waals surface area contributed by atoms with Gasteiger partial charge in [0, 0.05) is 6.54 Å². The van der Waals surface area contributed by atoms with E-state index in [9.17, 15) is 5.11 Å². The average Bonchev–Trinajstić information content (AvgIpc) is 2.53. The summed E-state index contributed by atoms with van der Waals surface area (Å²) in [5.41, 5.74) is 5.68. The van der Waals surface area contributed by atoms with Crippen molar-refractivity contribution in [1.29, 1.82) is 0 Å². The zero-order valence-electron chi connectivity index (χ0n) is 8.94. The van der Waals surface area contributed by atoms with E-state index in [1.165, 1.54) is 0 Å². The van der Waals surface area contributed by atoms with Gasteiger partial charge in [-0.15, -0.1) is 0 Å². The molecule has 0 aromatic heterocycles. The first-order valence-corrected chi connectivity index (χ1v) is 5.68. The Morgan fingerprint density at radius 1 is 1.71 bits per heavy atom. The first kappa shape index (κ1) is 11.9. The Kier molecular flexibility index (Phi) is 4.29. The highest BCUT2D eigenvalue weighted by molar-refractivity contribution is 7.80. The lowest BCUT2D eigenvalue weighted by Gasteiger charge is -2.26. The number of aliphatic hydroxyl groups excluding tert-OH is 1. The largest absolute Gasteiger partial charge is 0.393 e. The van der Waals surface area contributed by atoms with Gasteiger partial charge in [-0.25, -0.2) is 0 Å². The van der Waals surface area contributed by atoms with Crippen molar-refractivity contribution in [2.75, 3.05) is 13.1 Å². The van der Waals surface area contributed by atoms with Crippen molar-refractivity contribution < 1.29 is 5.11 Å². The van der Waals surface area contributed by atoms with Crippen LogP contribution in [0.25, 0.3) is 0 Å². The molecule has 1 fully saturated rings. The molecule has 3 unspecified atom stereocenters. The van der Waals surface area contributed by atoms with E-state index in [2.05, 4.69) is 11.8 Å². The van der Waals surface area contributed by atoms with Crippen LogP contribution in [0.1, 0.15) is 26.7 Å². The molecule has 1 aliphatic heterocycles. The minimum Gasteiger partial charge on any atom is -0.393 e. The molecular weight excluding hydrogens is 196 g/mol. The average molecular weight is 216 g/mol. The third-order valence-electron chi connectivity index (χ3n) is 3.09. The Bertz CT molecular complexity index is 208. The third-order valence-corrected chi connectivity index (χ3v) is 3.37. The van der Waals surface area contributed by atoms with E-state index in [1.807, 2.05) is 6.92 Å². The molecule has 1 saturated heterocycles. The lowest BCUT2D eigenvalue weighted by Crippen LogP contribution is -2.42. The van der Waals surface area contributed by atoms with Gasteiger partial charge in [-0.1, -0.05) is 19.1 Å². The molecule has 14 heavy (non-hydrogen) atoms. The predicted octanol–water partition coefficient (Wildman–Crippen LogP) is 0.754. The molecular formula is C10H20N2OS. The lowest BCUT2D eigenvalue weighted by molar-refractivity contribution is 0.125. The molecule has 0 spiro atoms. The molecule has 3 nitrogen and oxygen atoms in total. The fourth-order valence-electron chi connectivity index (χ4n) is 2.13. The number of aliphatic hydroxyl groups is 1. The van der Waals surface area contributed by atoms with Gasteiger partial charge in [0.2, 0.25) is 0 Å². The van der Waals surface area contributed by atoms with Gasteiger partial charge in [-0.05, 0) is 32.2 Å². The lowest BCUT2D eigenvalue weighted by atomic mass is 10.0. The highest BCUT2D eigenvalue weighted by atomic mass is 32.1. The SMILES string of the molecule is CCC(C(N)=S)N1CCC(C(C)O)C1. The van der Waals surface area contributed by atoms with Crippen LogP contribution < -0.4 is 5.73 Å². The van der Waals surface area contributed by atoms with Crippen LogP contribution in [0, 0.1) is 5.92 Å². The maximum Gasteiger partial charge on any atom is 0.0901 e. The fraction of sp³-hybridized carbons (Fsp3) is 0.900. The first-order valence-electron chi connectivity index (χ1n) is 5.27. The Labute approximate surface area is 91.3 Å². The van der Waals surface area contributed by atoms with Gasteiger partial charge >= 0.3 is 0 Å². The first-order chi connectivity index (χ1) is 6.56. The van der Waals surface area contributed by atoms with Gasteiger partial charge in [-0.3, -0.25) is 4.90 Å². The number of rotatable bonds is 4. The van der Waals surface area contributed by atoms with E-state index < -0.39 is 0 Å². The van der Waals surface area contributed by atoms with Gasteiger partial charge in [-0.2, -0.15) is 0 Å². The molecule has 4 heteroatoms. The standard InChI is InChI=1S/C10H20N2OS/c1-3-9(10(11)14)12-5-4-8(6-12)7(2)13/h7-9,13H,3-6H2,1-2H3,(H2,11,14). The minimum atomic E-state index is -0.219. The summed E-state index contributed by atoms with van der Waals surface area (Å²) < 4.78 is 0. The highest BCUT2D eigenvalue weighted by Gasteiger charge is 2.30. The van der Waals surface area contributed by atoms with Gasteiger partial charge < -0.3 is 10.8 Å². The van der Waals surface area contributed by atoms with Crippen LogP contribution in [0.3, 0.4) is 0 Å². The van der Waals surface area contributed by atoms with Gasteiger partial charge in [0.05, 0.1) is 17.1 Å². The van der Waals surface area contributed by atoms with Gasteiger partial charge in [0.15, 0.2) is 0 Å². The second kappa shape index (κ2) is 5.05. The molecule has 3 N–H and O–H groups in total. The molecule has 0 aromatic rings. The van der Waals surface area contributed by atoms with Gasteiger partial charge in [0.25, 0.3) is 0 Å². The van der Waals surface area contributed by atoms with Gasteiger partial charge in [0.1, 0.15) is 0 Å². The smallest absolute Gasteiger partial charge is 0.0901 e. The summed E-state index contributed by atoms with van der Waals surface area (Å²) in [6.07, 6.45) is 1.79. The monoisotopic (exact) mass is 216 g/mol. The number of likely N-dealkylation sites (tertiary alicyclic amines) is 1. The van der Waals surface area contributed by atoms with E-state index >= 15 is 0 Å². The van der Waals surface area contributed by atoms with Crippen molar-refractivity contribution in [1.82, 2.24) is 4.90 Å². The second-order valence-electron chi connectivity index (χ2n) is 4.11. The molecule has 1 heterocycles. The zero-order chi connectivity index (χ0) is 10.7. The Morgan fingerprint density at radius 3 is 2.71 bits per heavy atom. The quantitative estimate of drug-likeness (QED) is 0.681.